The molecule has 4 N–H and O–H groups in total. The minimum atomic E-state index is -5.97. The van der Waals surface area contributed by atoms with Gasteiger partial charge in [-0.15, -0.1) is 0 Å². The van der Waals surface area contributed by atoms with Crippen LogP contribution >= 0.6 is 11.6 Å². The number of ketones is 3. The maximum Gasteiger partial charge on any atom is 0.534 e. The summed E-state index contributed by atoms with van der Waals surface area (Å²) < 4.78 is 92.3. The maximum absolute atomic E-state index is 12.8. The number of Topliss-reactive ketones (excluding diaryl/α,β-unsaturated/α-hetero) is 3. The van der Waals surface area contributed by atoms with Crippen LogP contribution in [-0.2, 0) is 96.7 Å². The zero-order chi connectivity index (χ0) is 95.5. The van der Waals surface area contributed by atoms with E-state index in [1.54, 1.807) is 62.3 Å². The number of hydrogen-bond donors (Lipinski definition) is 3. The summed E-state index contributed by atoms with van der Waals surface area (Å²) in [7, 11) is -5.97. The van der Waals surface area contributed by atoms with Gasteiger partial charge >= 0.3 is 46.1 Å². The fraction of sp³-hybridized carbons (Fsp3) is 0.678. The average molecular weight is 1840 g/mol. The van der Waals surface area contributed by atoms with Crippen LogP contribution in [-0.4, -0.2) is 218 Å². The molecule has 0 spiro atoms. The Bertz CT molecular complexity index is 5080. The van der Waals surface area contributed by atoms with Crippen molar-refractivity contribution in [2.75, 3.05) is 76.9 Å². The number of aromatic nitrogens is 3. The molecule has 6 saturated carbocycles. The highest BCUT2D eigenvalue weighted by Gasteiger charge is 2.51. The second kappa shape index (κ2) is 42.0. The molecule has 9 fully saturated rings. The maximum atomic E-state index is 12.8. The summed E-state index contributed by atoms with van der Waals surface area (Å²) in [4.78, 5) is 152. The number of nitriles is 3. The van der Waals surface area contributed by atoms with Gasteiger partial charge in [-0.1, -0.05) is 0 Å². The molecule has 129 heavy (non-hydrogen) atoms. The number of piperazine rings is 1. The Morgan fingerprint density at radius 2 is 0.915 bits per heavy atom. The molecule has 704 valence electrons. The van der Waals surface area contributed by atoms with Crippen molar-refractivity contribution >= 4 is 86.5 Å². The van der Waals surface area contributed by atoms with Gasteiger partial charge in [0, 0.05) is 120 Å². The molecule has 12 aliphatic rings. The molecule has 3 saturated heterocycles. The van der Waals surface area contributed by atoms with E-state index >= 15 is 0 Å². The van der Waals surface area contributed by atoms with Gasteiger partial charge in [0.05, 0.1) is 42.5 Å². The number of alkyl halides is 3. The lowest BCUT2D eigenvalue weighted by molar-refractivity contribution is -0.136. The van der Waals surface area contributed by atoms with Crippen LogP contribution in [0.4, 0.5) is 43.0 Å². The predicted octanol–water partition coefficient (Wildman–Crippen LogP) is 13.0. The third-order valence-electron chi connectivity index (χ3n) is 22.1. The lowest BCUT2D eigenvalue weighted by Gasteiger charge is -2.37. The largest absolute Gasteiger partial charge is 0.534 e. The number of aromatic amines is 1. The number of fused-ring (bicyclic) bond motifs is 3. The van der Waals surface area contributed by atoms with Gasteiger partial charge in [0.15, 0.2) is 0 Å². The summed E-state index contributed by atoms with van der Waals surface area (Å²) in [6.07, 6.45) is 12.8. The van der Waals surface area contributed by atoms with Crippen LogP contribution in [0.15, 0.2) is 4.79 Å². The molecule has 6 aliphatic heterocycles. The smallest absolute Gasteiger partial charge is 0.444 e. The Labute approximate surface area is 756 Å². The quantitative estimate of drug-likeness (QED) is 0.0401. The Kier molecular flexibility index (Phi) is 33.2. The van der Waals surface area contributed by atoms with Gasteiger partial charge in [0.1, 0.15) is 80.5 Å². The molecule has 15 rings (SSSR count). The van der Waals surface area contributed by atoms with E-state index in [9.17, 15) is 90.1 Å². The lowest BCUT2D eigenvalue weighted by Crippen LogP contribution is -2.52. The highest BCUT2D eigenvalue weighted by molar-refractivity contribution is 7.88. The van der Waals surface area contributed by atoms with E-state index in [1.807, 2.05) is 68.4 Å². The molecule has 6 amide bonds. The van der Waals surface area contributed by atoms with Gasteiger partial charge in [-0.25, -0.2) is 40.5 Å². The average Bonchev–Trinajstić information content (AvgIpc) is 1.46. The summed E-state index contributed by atoms with van der Waals surface area (Å²) >= 11 is 5.04. The van der Waals surface area contributed by atoms with E-state index in [1.165, 1.54) is 22.6 Å². The number of anilines is 1. The first kappa shape index (κ1) is 102. The van der Waals surface area contributed by atoms with Crippen LogP contribution in [0.25, 0.3) is 4.85 Å². The van der Waals surface area contributed by atoms with Crippen molar-refractivity contribution in [3.05, 3.63) is 88.9 Å². The first-order valence-corrected chi connectivity index (χ1v) is 45.8. The van der Waals surface area contributed by atoms with Crippen LogP contribution in [0.2, 0.25) is 0 Å². The van der Waals surface area contributed by atoms with Crippen molar-refractivity contribution < 1.29 is 97.4 Å². The number of pyridine rings is 3. The number of halogens is 4. The van der Waals surface area contributed by atoms with E-state index in [0.717, 1.165) is 122 Å². The van der Waals surface area contributed by atoms with E-state index in [2.05, 4.69) is 41.0 Å². The molecule has 0 bridgehead atoms. The first-order valence-electron chi connectivity index (χ1n) is 44.0. The van der Waals surface area contributed by atoms with Crippen LogP contribution in [0.1, 0.15) is 285 Å². The summed E-state index contributed by atoms with van der Waals surface area (Å²) in [6, 6.07) is 6.72. The van der Waals surface area contributed by atoms with Gasteiger partial charge in [-0.2, -0.15) is 37.4 Å². The molecule has 3 aromatic heterocycles. The number of amides is 6. The van der Waals surface area contributed by atoms with E-state index in [-0.39, 0.29) is 114 Å². The van der Waals surface area contributed by atoms with Gasteiger partial charge in [0.2, 0.25) is 5.24 Å². The van der Waals surface area contributed by atoms with E-state index < -0.39 is 73.5 Å². The number of nitrogens with zero attached hydrogens (tertiary/aromatic N) is 12. The third kappa shape index (κ3) is 30.2. The van der Waals surface area contributed by atoms with Gasteiger partial charge in [0.25, 0.3) is 23.9 Å². The molecule has 2 atom stereocenters. The molecule has 6 aliphatic carbocycles. The number of ether oxygens (including phenoxy) is 5. The zero-order valence-electron chi connectivity index (χ0n) is 76.4. The number of nitrogens with two attached hydrogens (primary N) is 1. The standard InChI is InChI=1S/C24H33N5O2.C18H20F3N3O5S.C17H21N3O3.C14H21NO4.C10H17NO3.C4H5ClO.C3H4N2O/c1-24(2,3)31-23(30)29-10-8-17-18(12-25)22(27-21(16-6-7-16)19(17)13-29)28-11-9-26-20(14-28)15-4-5-15;1-17(2,3)28-16(25)24-7-6-11-12(8-22)15(29-30(26,27)18(19,20)21)23-14(10-4-5-10)13(11)9-24;1-17(2,3)23-16(22)20-7-6-11-12(8-18)15(21)19-14(10-4-5-10)13(11)9-20;1-14(2,3)19-13(18)15-7-6-11(16)10(8-15)12(17)9-4-5-9;1-10(2,3)14-9(13)11-6-4-8(12)5-7-11;5-4(6)3-1-2-3;1-5-2-3(4)6/h15-16,20,26H,4-11,13-14H2,1-3H3;10H,4-7,9H2,1-3H3;10H,4-7,9H2,1-3H3,(H,19,21);9-10H,4-8H2,1-3H3;4-7H2,1-3H3;3H,1-2H2;2H2,(H2,4,6)/t20-;;;;;;/m0....../s1. The van der Waals surface area contributed by atoms with Gasteiger partial charge in [-0.3, -0.25) is 28.8 Å². The third-order valence-corrected chi connectivity index (χ3v) is 23.4. The Morgan fingerprint density at radius 1 is 0.512 bits per heavy atom. The molecule has 34 nitrogen and oxygen atoms in total. The minimum absolute atomic E-state index is 0.0123. The van der Waals surface area contributed by atoms with E-state index in [0.29, 0.717) is 119 Å². The minimum Gasteiger partial charge on any atom is -0.444 e. The number of nitrogens with one attached hydrogen (secondary N) is 2. The molecular weight excluding hydrogens is 1720 g/mol. The molecule has 9 heterocycles. The summed E-state index contributed by atoms with van der Waals surface area (Å²) in [6.45, 7) is 39.5. The summed E-state index contributed by atoms with van der Waals surface area (Å²) in [5.41, 5.74) is 3.52. The van der Waals surface area contributed by atoms with Crippen molar-refractivity contribution in [2.24, 2.45) is 29.4 Å². The second-order valence-electron chi connectivity index (χ2n) is 39.2. The number of primary amides is 1. The van der Waals surface area contributed by atoms with Crippen molar-refractivity contribution in [2.45, 2.75) is 296 Å². The monoisotopic (exact) mass is 1840 g/mol. The molecule has 39 heteroatoms. The number of likely N-dealkylation sites (tertiary alicyclic amines) is 2. The van der Waals surface area contributed by atoms with Crippen molar-refractivity contribution in [1.82, 2.24) is 44.8 Å². The second-order valence-corrected chi connectivity index (χ2v) is 41.1. The molecular formula is C90H121ClF3N15O19S. The van der Waals surface area contributed by atoms with Crippen molar-refractivity contribution in [3.8, 4) is 24.1 Å². The zero-order valence-corrected chi connectivity index (χ0v) is 77.9. The number of rotatable bonds is 11. The van der Waals surface area contributed by atoms with Crippen LogP contribution in [0.3, 0.4) is 0 Å². The summed E-state index contributed by atoms with van der Waals surface area (Å²) in [5.74, 6) is 0.779. The molecule has 0 aromatic carbocycles. The van der Waals surface area contributed by atoms with Gasteiger partial charge < -0.3 is 78.1 Å². The van der Waals surface area contributed by atoms with Crippen LogP contribution in [0.5, 0.6) is 5.88 Å². The predicted molar refractivity (Wildman–Crippen MR) is 464 cm³/mol. The number of carbonyl (C=O) groups excluding carboxylic acids is 10. The summed E-state index contributed by atoms with van der Waals surface area (Å²) in [5, 5.41) is 32.4. The van der Waals surface area contributed by atoms with Gasteiger partial charge in [-0.05, 0) is 257 Å². The Hall–Kier alpha value is -10.7. The highest BCUT2D eigenvalue weighted by atomic mass is 35.5. The van der Waals surface area contributed by atoms with Crippen molar-refractivity contribution in [1.29, 1.82) is 15.8 Å². The normalized spacial score (nSPS) is 19.7. The lowest BCUT2D eigenvalue weighted by atomic mass is 9.90. The number of piperidine rings is 2. The van der Waals surface area contributed by atoms with Crippen LogP contribution in [0, 0.1) is 64.2 Å². The Morgan fingerprint density at radius 3 is 1.29 bits per heavy atom. The number of hydrogen-bond acceptors (Lipinski definition) is 26. The first-order chi connectivity index (χ1) is 60.1. The molecule has 1 unspecified atom stereocenters. The van der Waals surface area contributed by atoms with Crippen LogP contribution < -0.4 is 25.7 Å². The van der Waals surface area contributed by atoms with E-state index in [4.69, 9.17) is 46.8 Å². The van der Waals surface area contributed by atoms with Crippen molar-refractivity contribution in [3.63, 3.8) is 0 Å². The fourth-order valence-corrected chi connectivity index (χ4v) is 15.6. The number of H-pyrrole nitrogens is 1. The molecule has 3 aromatic rings. The SMILES string of the molecule is CC(C)(C)OC(=O)N1CCC(=O)C(C(=O)C2CC2)C1.CC(C)(C)OC(=O)N1CCC(=O)CC1.CC(C)(C)OC(=O)N1CCc2c(C#N)c(N3CCN[C@H](C4CC4)C3)nc(C3CC3)c2C1.CC(C)(C)OC(=O)N1CCc2c(C#N)c(OS(=O)(=O)C(F)(F)F)nc(C3CC3)c2C1.CC(C)(C)OC(=O)N1CCc2c(c(C3CC3)[nH]c(=O)c2C#N)C1.O=C(Cl)C1CC1.[C-]#[N+]CC(N)=O. The highest BCUT2D eigenvalue weighted by Crippen LogP contribution is 2.48. The number of carbonyl (C=O) groups is 10. The Balaban J connectivity index is 0.000000179. The topological polar surface area (TPSA) is 452 Å². The molecule has 0 radical (unpaired) electrons. The fourth-order valence-electron chi connectivity index (χ4n) is 15.0.